The minimum absolute atomic E-state index is 0.104. The second kappa shape index (κ2) is 12.0. The average Bonchev–Trinajstić information content (AvgIpc) is 3.22. The molecular formula is C27H32BrN3O6S. The number of β-amino-alcohol motifs (C(OH)–C–C–N with tert-alkyl or cyclic N) is 1. The van der Waals surface area contributed by atoms with E-state index in [2.05, 4.69) is 26.6 Å². The van der Waals surface area contributed by atoms with Crippen LogP contribution in [0.4, 0.5) is 0 Å². The van der Waals surface area contributed by atoms with Crippen molar-refractivity contribution < 1.29 is 27.5 Å². The van der Waals surface area contributed by atoms with E-state index in [1.165, 1.54) is 16.4 Å². The van der Waals surface area contributed by atoms with Gasteiger partial charge in [0.15, 0.2) is 5.76 Å². The summed E-state index contributed by atoms with van der Waals surface area (Å²) in [6, 6.07) is 13.7. The number of hydrogen-bond donors (Lipinski definition) is 3. The van der Waals surface area contributed by atoms with Gasteiger partial charge in [0.05, 0.1) is 17.0 Å². The summed E-state index contributed by atoms with van der Waals surface area (Å²) < 4.78 is 33.9. The number of amides is 2. The Labute approximate surface area is 230 Å². The molecule has 204 valence electrons. The molecular weight excluding hydrogens is 574 g/mol. The van der Waals surface area contributed by atoms with Gasteiger partial charge >= 0.3 is 0 Å². The number of hydrogen-bond acceptors (Lipinski definition) is 6. The van der Waals surface area contributed by atoms with E-state index < -0.39 is 40.0 Å². The van der Waals surface area contributed by atoms with Crippen molar-refractivity contribution in [3.8, 4) is 0 Å². The van der Waals surface area contributed by atoms with Crippen LogP contribution >= 0.6 is 15.9 Å². The maximum absolute atomic E-state index is 13.3. The molecule has 0 spiro atoms. The van der Waals surface area contributed by atoms with Crippen LogP contribution in [-0.4, -0.2) is 60.9 Å². The normalized spacial score (nSPS) is 19.7. The van der Waals surface area contributed by atoms with Crippen molar-refractivity contribution in [1.29, 1.82) is 0 Å². The standard InChI is InChI=1S/C27H32BrN3O6S/c1-17(2)14-22(30-27(34)25-15-18-6-3-4-8-24(18)37-25)26(33)29-21-7-5-13-31(16-23(21)32)38(35,36)20-11-9-19(28)10-12-20/h3-4,6,8-12,15,17,21-23,32H,5,7,13-14,16H2,1-2H3,(H,29,33)(H,30,34)/t21?,22?,23-/m0/s1. The number of furan rings is 1. The Hall–Kier alpha value is -2.73. The summed E-state index contributed by atoms with van der Waals surface area (Å²) in [4.78, 5) is 26.3. The molecule has 0 bridgehead atoms. The number of sulfonamides is 1. The van der Waals surface area contributed by atoms with Crippen LogP contribution in [0.15, 0.2) is 68.4 Å². The van der Waals surface area contributed by atoms with Gasteiger partial charge in [-0.3, -0.25) is 9.59 Å². The molecule has 4 rings (SSSR count). The third kappa shape index (κ3) is 6.63. The molecule has 11 heteroatoms. The molecule has 3 aromatic rings. The van der Waals surface area contributed by atoms with Gasteiger partial charge < -0.3 is 20.2 Å². The fraction of sp³-hybridized carbons (Fsp3) is 0.407. The fourth-order valence-corrected chi connectivity index (χ4v) is 6.32. The summed E-state index contributed by atoms with van der Waals surface area (Å²) in [7, 11) is -3.80. The first kappa shape index (κ1) is 28.3. The van der Waals surface area contributed by atoms with Crippen molar-refractivity contribution in [3.05, 3.63) is 64.8 Å². The summed E-state index contributed by atoms with van der Waals surface area (Å²) in [5.74, 6) is -0.727. The molecule has 1 aliphatic heterocycles. The number of aliphatic hydroxyl groups excluding tert-OH is 1. The van der Waals surface area contributed by atoms with Gasteiger partial charge in [-0.25, -0.2) is 8.42 Å². The molecule has 0 radical (unpaired) electrons. The molecule has 3 atom stereocenters. The van der Waals surface area contributed by atoms with Crippen LogP contribution in [0.2, 0.25) is 0 Å². The molecule has 1 fully saturated rings. The first-order valence-electron chi connectivity index (χ1n) is 12.6. The van der Waals surface area contributed by atoms with E-state index in [-0.39, 0.29) is 29.7 Å². The highest BCUT2D eigenvalue weighted by atomic mass is 79.9. The molecule has 1 saturated heterocycles. The molecule has 1 aromatic heterocycles. The number of nitrogens with zero attached hydrogens (tertiary/aromatic N) is 1. The summed E-state index contributed by atoms with van der Waals surface area (Å²) in [6.07, 6.45) is 0.117. The third-order valence-corrected chi connectivity index (χ3v) is 8.94. The fourth-order valence-electron chi connectivity index (χ4n) is 4.56. The molecule has 2 heterocycles. The zero-order valence-corrected chi connectivity index (χ0v) is 23.7. The van der Waals surface area contributed by atoms with Gasteiger partial charge in [0.2, 0.25) is 15.9 Å². The van der Waals surface area contributed by atoms with Gasteiger partial charge in [-0.2, -0.15) is 4.31 Å². The zero-order chi connectivity index (χ0) is 27.4. The summed E-state index contributed by atoms with van der Waals surface area (Å²) in [6.45, 7) is 3.96. The van der Waals surface area contributed by atoms with Crippen LogP contribution in [-0.2, 0) is 14.8 Å². The van der Waals surface area contributed by atoms with Gasteiger partial charge in [0.1, 0.15) is 11.6 Å². The first-order valence-corrected chi connectivity index (χ1v) is 14.8. The lowest BCUT2D eigenvalue weighted by Gasteiger charge is -2.27. The van der Waals surface area contributed by atoms with Crippen LogP contribution in [0.1, 0.15) is 43.7 Å². The number of aliphatic hydroxyl groups is 1. The number of rotatable bonds is 8. The van der Waals surface area contributed by atoms with Crippen LogP contribution in [0.25, 0.3) is 11.0 Å². The van der Waals surface area contributed by atoms with Crippen LogP contribution in [0.5, 0.6) is 0 Å². The Morgan fingerprint density at radius 3 is 2.55 bits per heavy atom. The summed E-state index contributed by atoms with van der Waals surface area (Å²) in [5.41, 5.74) is 0.576. The zero-order valence-electron chi connectivity index (χ0n) is 21.3. The van der Waals surface area contributed by atoms with E-state index in [4.69, 9.17) is 4.42 Å². The monoisotopic (exact) mass is 605 g/mol. The quantitative estimate of drug-likeness (QED) is 0.359. The number of nitrogens with one attached hydrogen (secondary N) is 2. The molecule has 3 N–H and O–H groups in total. The van der Waals surface area contributed by atoms with Gasteiger partial charge in [0, 0.05) is 22.9 Å². The van der Waals surface area contributed by atoms with E-state index >= 15 is 0 Å². The van der Waals surface area contributed by atoms with Gasteiger partial charge in [0.25, 0.3) is 5.91 Å². The number of carbonyl (C=O) groups is 2. The summed E-state index contributed by atoms with van der Waals surface area (Å²) in [5, 5.41) is 17.3. The highest BCUT2D eigenvalue weighted by molar-refractivity contribution is 9.10. The lowest BCUT2D eigenvalue weighted by Crippen LogP contribution is -2.54. The number of halogens is 1. The molecule has 2 aromatic carbocycles. The van der Waals surface area contributed by atoms with Gasteiger partial charge in [-0.05, 0) is 61.6 Å². The van der Waals surface area contributed by atoms with Crippen molar-refractivity contribution >= 4 is 48.7 Å². The second-order valence-electron chi connectivity index (χ2n) is 9.95. The van der Waals surface area contributed by atoms with Crippen LogP contribution in [0.3, 0.4) is 0 Å². The molecule has 38 heavy (non-hydrogen) atoms. The maximum Gasteiger partial charge on any atom is 0.287 e. The average molecular weight is 607 g/mol. The molecule has 0 saturated carbocycles. The van der Waals surface area contributed by atoms with Crippen LogP contribution in [0, 0.1) is 5.92 Å². The third-order valence-electron chi connectivity index (χ3n) is 6.54. The van der Waals surface area contributed by atoms with Gasteiger partial charge in [-0.15, -0.1) is 0 Å². The van der Waals surface area contributed by atoms with Gasteiger partial charge in [-0.1, -0.05) is 48.0 Å². The highest BCUT2D eigenvalue weighted by Gasteiger charge is 2.34. The lowest BCUT2D eigenvalue weighted by atomic mass is 10.0. The second-order valence-corrected chi connectivity index (χ2v) is 12.8. The minimum atomic E-state index is -3.80. The largest absolute Gasteiger partial charge is 0.451 e. The highest BCUT2D eigenvalue weighted by Crippen LogP contribution is 2.23. The summed E-state index contributed by atoms with van der Waals surface area (Å²) >= 11 is 3.30. The smallest absolute Gasteiger partial charge is 0.287 e. The molecule has 9 nitrogen and oxygen atoms in total. The van der Waals surface area contributed by atoms with Crippen molar-refractivity contribution in [2.75, 3.05) is 13.1 Å². The number of carbonyl (C=O) groups excluding carboxylic acids is 2. The van der Waals surface area contributed by atoms with E-state index in [0.717, 1.165) is 9.86 Å². The van der Waals surface area contributed by atoms with Crippen molar-refractivity contribution in [3.63, 3.8) is 0 Å². The maximum atomic E-state index is 13.3. The topological polar surface area (TPSA) is 129 Å². The van der Waals surface area contributed by atoms with E-state index in [1.54, 1.807) is 24.3 Å². The lowest BCUT2D eigenvalue weighted by molar-refractivity contribution is -0.125. The Balaban J connectivity index is 1.43. The van der Waals surface area contributed by atoms with Crippen molar-refractivity contribution in [2.24, 2.45) is 5.92 Å². The van der Waals surface area contributed by atoms with Crippen molar-refractivity contribution in [1.82, 2.24) is 14.9 Å². The van der Waals surface area contributed by atoms with E-state index in [0.29, 0.717) is 24.8 Å². The minimum Gasteiger partial charge on any atom is -0.451 e. The molecule has 2 amide bonds. The first-order chi connectivity index (χ1) is 18.0. The van der Waals surface area contributed by atoms with E-state index in [1.807, 2.05) is 32.0 Å². The van der Waals surface area contributed by atoms with Crippen LogP contribution < -0.4 is 10.6 Å². The Bertz CT molecular complexity index is 1360. The predicted molar refractivity (Wildman–Crippen MR) is 147 cm³/mol. The number of fused-ring (bicyclic) bond motifs is 1. The Kier molecular flexibility index (Phi) is 8.92. The SMILES string of the molecule is CC(C)CC(NC(=O)c1cc2ccccc2o1)C(=O)NC1CCCN(S(=O)(=O)c2ccc(Br)cc2)C[C@@H]1O. The molecule has 1 aliphatic rings. The van der Waals surface area contributed by atoms with E-state index in [9.17, 15) is 23.1 Å². The Morgan fingerprint density at radius 2 is 1.87 bits per heavy atom. The predicted octanol–water partition coefficient (Wildman–Crippen LogP) is 3.67. The number of para-hydroxylation sites is 1. The number of benzene rings is 2. The molecule has 2 unspecified atom stereocenters. The van der Waals surface area contributed by atoms with Crippen molar-refractivity contribution in [2.45, 2.75) is 56.2 Å². The Morgan fingerprint density at radius 1 is 1.16 bits per heavy atom. The molecule has 0 aliphatic carbocycles.